The number of benzene rings is 1. The van der Waals surface area contributed by atoms with E-state index in [-0.39, 0.29) is 11.7 Å². The van der Waals surface area contributed by atoms with Crippen LogP contribution < -0.4 is 10.1 Å². The van der Waals surface area contributed by atoms with Crippen LogP contribution in [0.1, 0.15) is 13.8 Å². The maximum Gasteiger partial charge on any atom is 0.260 e. The maximum absolute atomic E-state index is 13.4. The number of rotatable bonds is 8. The van der Waals surface area contributed by atoms with Crippen LogP contribution in [0.5, 0.6) is 5.75 Å². The van der Waals surface area contributed by atoms with E-state index >= 15 is 0 Å². The van der Waals surface area contributed by atoms with E-state index < -0.39 is 11.9 Å². The van der Waals surface area contributed by atoms with Crippen molar-refractivity contribution in [2.75, 3.05) is 19.8 Å². The van der Waals surface area contributed by atoms with Crippen molar-refractivity contribution in [1.29, 1.82) is 0 Å². The lowest BCUT2D eigenvalue weighted by atomic mass is 10.3. The summed E-state index contributed by atoms with van der Waals surface area (Å²) >= 11 is 0. The molecule has 5 heteroatoms. The molecule has 4 nitrogen and oxygen atoms in total. The number of hydrogen-bond donors (Lipinski definition) is 1. The van der Waals surface area contributed by atoms with Crippen molar-refractivity contribution in [2.24, 2.45) is 0 Å². The largest absolute Gasteiger partial charge is 0.478 e. The molecule has 1 amide bonds. The van der Waals surface area contributed by atoms with Crippen molar-refractivity contribution < 1.29 is 18.7 Å². The summed E-state index contributed by atoms with van der Waals surface area (Å²) in [5.74, 6) is -0.738. The van der Waals surface area contributed by atoms with Crippen molar-refractivity contribution in [3.63, 3.8) is 0 Å². The molecular weight excluding hydrogens is 261 g/mol. The highest BCUT2D eigenvalue weighted by atomic mass is 19.1. The molecule has 0 fully saturated rings. The van der Waals surface area contributed by atoms with Crippen LogP contribution in [0.15, 0.2) is 36.4 Å². The Labute approximate surface area is 118 Å². The van der Waals surface area contributed by atoms with Crippen LogP contribution in [0.2, 0.25) is 0 Å². The second-order valence-electron chi connectivity index (χ2n) is 4.49. The minimum Gasteiger partial charge on any atom is -0.478 e. The third kappa shape index (κ3) is 5.84. The fourth-order valence-electron chi connectivity index (χ4n) is 1.42. The average molecular weight is 281 g/mol. The van der Waals surface area contributed by atoms with Crippen molar-refractivity contribution in [3.05, 3.63) is 42.2 Å². The lowest BCUT2D eigenvalue weighted by Gasteiger charge is -2.15. The van der Waals surface area contributed by atoms with Crippen molar-refractivity contribution >= 4 is 5.91 Å². The minimum absolute atomic E-state index is 0.0636. The molecule has 0 radical (unpaired) electrons. The van der Waals surface area contributed by atoms with Gasteiger partial charge in [0, 0.05) is 6.54 Å². The number of carbonyl (C=O) groups is 1. The summed E-state index contributed by atoms with van der Waals surface area (Å²) in [6, 6.07) is 5.97. The molecule has 1 aromatic carbocycles. The zero-order chi connectivity index (χ0) is 15.0. The topological polar surface area (TPSA) is 47.6 Å². The van der Waals surface area contributed by atoms with Crippen LogP contribution in [0.3, 0.4) is 0 Å². The number of carbonyl (C=O) groups excluding carboxylic acids is 1. The lowest BCUT2D eigenvalue weighted by Crippen LogP contribution is -2.38. The molecule has 0 bridgehead atoms. The van der Waals surface area contributed by atoms with Gasteiger partial charge >= 0.3 is 0 Å². The van der Waals surface area contributed by atoms with Gasteiger partial charge in [0.15, 0.2) is 17.7 Å². The Morgan fingerprint density at radius 2 is 2.15 bits per heavy atom. The summed E-state index contributed by atoms with van der Waals surface area (Å²) in [4.78, 5) is 11.7. The van der Waals surface area contributed by atoms with E-state index in [1.807, 2.05) is 6.92 Å². The Kier molecular flexibility index (Phi) is 6.73. The van der Waals surface area contributed by atoms with Gasteiger partial charge in [0.1, 0.15) is 0 Å². The summed E-state index contributed by atoms with van der Waals surface area (Å²) in [5, 5.41) is 2.65. The van der Waals surface area contributed by atoms with Crippen LogP contribution in [-0.4, -0.2) is 31.8 Å². The second-order valence-corrected chi connectivity index (χ2v) is 4.49. The van der Waals surface area contributed by atoms with E-state index in [0.29, 0.717) is 19.8 Å². The van der Waals surface area contributed by atoms with Gasteiger partial charge in [-0.1, -0.05) is 24.3 Å². The van der Waals surface area contributed by atoms with Gasteiger partial charge in [0.25, 0.3) is 5.91 Å². The Morgan fingerprint density at radius 1 is 1.45 bits per heavy atom. The molecular formula is C15H20FNO3. The Morgan fingerprint density at radius 3 is 2.80 bits per heavy atom. The Bertz CT molecular complexity index is 462. The van der Waals surface area contributed by atoms with Gasteiger partial charge in [-0.3, -0.25) is 4.79 Å². The molecule has 1 aromatic rings. The van der Waals surface area contributed by atoms with Crippen LogP contribution in [0.4, 0.5) is 4.39 Å². The van der Waals surface area contributed by atoms with Gasteiger partial charge in [0.05, 0.1) is 13.2 Å². The van der Waals surface area contributed by atoms with Gasteiger partial charge in [0.2, 0.25) is 0 Å². The van der Waals surface area contributed by atoms with Crippen LogP contribution in [-0.2, 0) is 9.53 Å². The molecule has 110 valence electrons. The van der Waals surface area contributed by atoms with E-state index in [4.69, 9.17) is 9.47 Å². The highest BCUT2D eigenvalue weighted by Gasteiger charge is 2.15. The van der Waals surface area contributed by atoms with E-state index in [1.165, 1.54) is 12.1 Å². The van der Waals surface area contributed by atoms with Crippen LogP contribution in [0.25, 0.3) is 0 Å². The Hall–Kier alpha value is -1.88. The van der Waals surface area contributed by atoms with Crippen LogP contribution in [0, 0.1) is 5.82 Å². The molecule has 0 heterocycles. The monoisotopic (exact) mass is 281 g/mol. The van der Waals surface area contributed by atoms with Gasteiger partial charge in [-0.2, -0.15) is 0 Å². The van der Waals surface area contributed by atoms with Gasteiger partial charge in [-0.15, -0.1) is 0 Å². The summed E-state index contributed by atoms with van der Waals surface area (Å²) in [6.45, 7) is 8.37. The van der Waals surface area contributed by atoms with Gasteiger partial charge in [-0.25, -0.2) is 4.39 Å². The number of para-hydroxylation sites is 1. The van der Waals surface area contributed by atoms with Crippen molar-refractivity contribution in [2.45, 2.75) is 20.0 Å². The molecule has 0 aliphatic rings. The predicted molar refractivity (Wildman–Crippen MR) is 75.1 cm³/mol. The summed E-state index contributed by atoms with van der Waals surface area (Å²) in [6.07, 6.45) is -0.770. The minimum atomic E-state index is -0.770. The Balaban J connectivity index is 2.29. The zero-order valence-electron chi connectivity index (χ0n) is 11.8. The number of ether oxygens (including phenoxy) is 2. The SMILES string of the molecule is C=C(C)COCCNC(=O)C(C)Oc1ccccc1F. The summed E-state index contributed by atoms with van der Waals surface area (Å²) < 4.78 is 23.9. The third-order valence-electron chi connectivity index (χ3n) is 2.40. The number of hydrogen-bond acceptors (Lipinski definition) is 3. The first kappa shape index (κ1) is 16.2. The lowest BCUT2D eigenvalue weighted by molar-refractivity contribution is -0.127. The standard InChI is InChI=1S/C15H20FNO3/c1-11(2)10-19-9-8-17-15(18)12(3)20-14-7-5-4-6-13(14)16/h4-7,12H,1,8-10H2,2-3H3,(H,17,18). The molecule has 0 aliphatic heterocycles. The summed E-state index contributed by atoms with van der Waals surface area (Å²) in [7, 11) is 0. The third-order valence-corrected chi connectivity index (χ3v) is 2.40. The fourth-order valence-corrected chi connectivity index (χ4v) is 1.42. The van der Waals surface area contributed by atoms with E-state index in [9.17, 15) is 9.18 Å². The van der Waals surface area contributed by atoms with E-state index in [2.05, 4.69) is 11.9 Å². The van der Waals surface area contributed by atoms with E-state index in [1.54, 1.807) is 19.1 Å². The average Bonchev–Trinajstić information content (AvgIpc) is 2.40. The molecule has 0 spiro atoms. The molecule has 0 aromatic heterocycles. The highest BCUT2D eigenvalue weighted by molar-refractivity contribution is 5.80. The molecule has 1 rings (SSSR count). The maximum atomic E-state index is 13.4. The zero-order valence-corrected chi connectivity index (χ0v) is 11.8. The highest BCUT2D eigenvalue weighted by Crippen LogP contribution is 2.16. The molecule has 0 aliphatic carbocycles. The molecule has 0 saturated heterocycles. The van der Waals surface area contributed by atoms with Crippen LogP contribution >= 0.6 is 0 Å². The quantitative estimate of drug-likeness (QED) is 0.587. The van der Waals surface area contributed by atoms with E-state index in [0.717, 1.165) is 5.57 Å². The second kappa shape index (κ2) is 8.32. The fraction of sp³-hybridized carbons (Fsp3) is 0.400. The predicted octanol–water partition coefficient (Wildman–Crippen LogP) is 2.30. The number of amides is 1. The summed E-state index contributed by atoms with van der Waals surface area (Å²) in [5.41, 5.74) is 0.924. The van der Waals surface area contributed by atoms with Crippen molar-refractivity contribution in [1.82, 2.24) is 5.32 Å². The number of halogens is 1. The normalized spacial score (nSPS) is 11.8. The first-order chi connectivity index (χ1) is 9.50. The number of nitrogens with one attached hydrogen (secondary N) is 1. The molecule has 1 atom stereocenters. The van der Waals surface area contributed by atoms with Crippen molar-refractivity contribution in [3.8, 4) is 5.75 Å². The molecule has 0 saturated carbocycles. The molecule has 1 N–H and O–H groups in total. The first-order valence-corrected chi connectivity index (χ1v) is 6.41. The van der Waals surface area contributed by atoms with Gasteiger partial charge < -0.3 is 14.8 Å². The first-order valence-electron chi connectivity index (χ1n) is 6.41. The molecule has 1 unspecified atom stereocenters. The smallest absolute Gasteiger partial charge is 0.260 e. The molecule has 20 heavy (non-hydrogen) atoms. The van der Waals surface area contributed by atoms with Gasteiger partial charge in [-0.05, 0) is 26.0 Å².